The van der Waals surface area contributed by atoms with E-state index in [1.165, 1.54) is 17.7 Å². The van der Waals surface area contributed by atoms with Crippen LogP contribution in [0.5, 0.6) is 0 Å². The van der Waals surface area contributed by atoms with Gasteiger partial charge in [0.1, 0.15) is 5.54 Å². The summed E-state index contributed by atoms with van der Waals surface area (Å²) in [6, 6.07) is 10.5. The Labute approximate surface area is 161 Å². The Morgan fingerprint density at radius 2 is 1.92 bits per heavy atom. The van der Waals surface area contributed by atoms with Crippen molar-refractivity contribution < 1.29 is 9.53 Å². The van der Waals surface area contributed by atoms with Crippen LogP contribution in [0.25, 0.3) is 0 Å². The second-order valence-electron chi connectivity index (χ2n) is 8.33. The number of rotatable bonds is 7. The predicted molar refractivity (Wildman–Crippen MR) is 107 cm³/mol. The van der Waals surface area contributed by atoms with Gasteiger partial charge in [0.05, 0.1) is 6.10 Å². The SMILES string of the molecule is CCOC1CC(N)(C(=O)NCC2(Sc3ccccc3)CCCC2)C1(C)C. The number of benzene rings is 1. The first-order valence-electron chi connectivity index (χ1n) is 9.76. The average Bonchev–Trinajstić information content (AvgIpc) is 3.09. The van der Waals surface area contributed by atoms with Crippen LogP contribution in [-0.4, -0.2) is 35.4 Å². The third-order valence-electron chi connectivity index (χ3n) is 6.40. The van der Waals surface area contributed by atoms with Crippen molar-refractivity contribution in [2.45, 2.75) is 74.2 Å². The molecule has 3 rings (SSSR count). The molecule has 4 nitrogen and oxygen atoms in total. The van der Waals surface area contributed by atoms with E-state index in [0.29, 0.717) is 19.6 Å². The van der Waals surface area contributed by atoms with Gasteiger partial charge in [-0.2, -0.15) is 0 Å². The molecule has 2 unspecified atom stereocenters. The third-order valence-corrected chi connectivity index (χ3v) is 7.89. The number of hydrogen-bond donors (Lipinski definition) is 2. The molecule has 0 radical (unpaired) electrons. The van der Waals surface area contributed by atoms with Gasteiger partial charge in [-0.05, 0) is 31.9 Å². The van der Waals surface area contributed by atoms with Crippen LogP contribution in [-0.2, 0) is 9.53 Å². The molecule has 144 valence electrons. The molecule has 0 aromatic heterocycles. The molecule has 2 aliphatic rings. The zero-order valence-electron chi connectivity index (χ0n) is 16.2. The average molecular weight is 377 g/mol. The number of ether oxygens (including phenoxy) is 1. The molecular weight excluding hydrogens is 344 g/mol. The minimum absolute atomic E-state index is 0.0293. The molecule has 0 bridgehead atoms. The van der Waals surface area contributed by atoms with E-state index in [1.807, 2.05) is 38.6 Å². The maximum Gasteiger partial charge on any atom is 0.240 e. The number of thioether (sulfide) groups is 1. The first kappa shape index (κ1) is 19.7. The van der Waals surface area contributed by atoms with Crippen LogP contribution in [0.1, 0.15) is 52.9 Å². The van der Waals surface area contributed by atoms with Crippen LogP contribution >= 0.6 is 11.8 Å². The molecule has 1 aromatic rings. The summed E-state index contributed by atoms with van der Waals surface area (Å²) in [4.78, 5) is 14.2. The fourth-order valence-corrected chi connectivity index (χ4v) is 5.72. The molecular formula is C21H32N2O2S. The lowest BCUT2D eigenvalue weighted by Crippen LogP contribution is -2.76. The van der Waals surface area contributed by atoms with Gasteiger partial charge in [-0.3, -0.25) is 4.79 Å². The van der Waals surface area contributed by atoms with Gasteiger partial charge in [0.25, 0.3) is 0 Å². The van der Waals surface area contributed by atoms with Crippen LogP contribution < -0.4 is 11.1 Å². The van der Waals surface area contributed by atoms with Gasteiger partial charge in [-0.1, -0.05) is 44.9 Å². The predicted octanol–water partition coefficient (Wildman–Crippen LogP) is 3.74. The molecule has 2 fully saturated rings. The van der Waals surface area contributed by atoms with E-state index < -0.39 is 5.54 Å². The minimum atomic E-state index is -0.843. The van der Waals surface area contributed by atoms with Crippen LogP contribution in [0.3, 0.4) is 0 Å². The molecule has 2 atom stereocenters. The Morgan fingerprint density at radius 3 is 2.50 bits per heavy atom. The molecule has 26 heavy (non-hydrogen) atoms. The third kappa shape index (κ3) is 3.54. The highest BCUT2D eigenvalue weighted by molar-refractivity contribution is 8.00. The lowest BCUT2D eigenvalue weighted by molar-refractivity contribution is -0.170. The molecule has 1 amide bonds. The van der Waals surface area contributed by atoms with Crippen LogP contribution in [0.2, 0.25) is 0 Å². The van der Waals surface area contributed by atoms with E-state index in [0.717, 1.165) is 12.8 Å². The smallest absolute Gasteiger partial charge is 0.240 e. The van der Waals surface area contributed by atoms with Crippen molar-refractivity contribution in [1.82, 2.24) is 5.32 Å². The summed E-state index contributed by atoms with van der Waals surface area (Å²) in [7, 11) is 0. The first-order valence-corrected chi connectivity index (χ1v) is 10.6. The van der Waals surface area contributed by atoms with E-state index in [4.69, 9.17) is 10.5 Å². The van der Waals surface area contributed by atoms with Crippen LogP contribution in [0, 0.1) is 5.41 Å². The summed E-state index contributed by atoms with van der Waals surface area (Å²) in [6.45, 7) is 7.40. The van der Waals surface area contributed by atoms with E-state index >= 15 is 0 Å². The summed E-state index contributed by atoms with van der Waals surface area (Å²) in [5.41, 5.74) is 5.34. The molecule has 0 saturated heterocycles. The van der Waals surface area contributed by atoms with Gasteiger partial charge in [0, 0.05) is 34.6 Å². The van der Waals surface area contributed by atoms with Gasteiger partial charge in [-0.15, -0.1) is 11.8 Å². The lowest BCUT2D eigenvalue weighted by atomic mass is 9.54. The molecule has 1 aromatic carbocycles. The standard InChI is InChI=1S/C21H32N2O2S/c1-4-25-17-14-21(22,19(17,2)3)18(24)23-15-20(12-8-9-13-20)26-16-10-6-5-7-11-16/h5-7,10-11,17H,4,8-9,12-15,22H2,1-3H3,(H,23,24). The van der Waals surface area contributed by atoms with Crippen molar-refractivity contribution >= 4 is 17.7 Å². The molecule has 2 saturated carbocycles. The summed E-state index contributed by atoms with van der Waals surface area (Å²) < 4.78 is 5.84. The summed E-state index contributed by atoms with van der Waals surface area (Å²) in [5.74, 6) is -0.0293. The molecule has 5 heteroatoms. The monoisotopic (exact) mass is 376 g/mol. The largest absolute Gasteiger partial charge is 0.378 e. The maximum atomic E-state index is 13.0. The number of carbonyl (C=O) groups excluding carboxylic acids is 1. The van der Waals surface area contributed by atoms with E-state index in [-0.39, 0.29) is 22.2 Å². The summed E-state index contributed by atoms with van der Waals surface area (Å²) in [5, 5.41) is 3.21. The number of amides is 1. The quantitative estimate of drug-likeness (QED) is 0.761. The fraction of sp³-hybridized carbons (Fsp3) is 0.667. The molecule has 0 heterocycles. The first-order chi connectivity index (χ1) is 12.3. The number of nitrogens with two attached hydrogens (primary N) is 1. The Hall–Kier alpha value is -1.04. The highest BCUT2D eigenvalue weighted by Crippen LogP contribution is 2.50. The highest BCUT2D eigenvalue weighted by atomic mass is 32.2. The van der Waals surface area contributed by atoms with Gasteiger partial charge in [0.15, 0.2) is 0 Å². The number of nitrogens with one attached hydrogen (secondary N) is 1. The zero-order chi connectivity index (χ0) is 18.8. The Morgan fingerprint density at radius 1 is 1.27 bits per heavy atom. The van der Waals surface area contributed by atoms with Crippen molar-refractivity contribution in [3.05, 3.63) is 30.3 Å². The van der Waals surface area contributed by atoms with E-state index in [1.54, 1.807) is 0 Å². The van der Waals surface area contributed by atoms with Crippen molar-refractivity contribution in [3.8, 4) is 0 Å². The summed E-state index contributed by atoms with van der Waals surface area (Å²) in [6.07, 6.45) is 5.37. The topological polar surface area (TPSA) is 64.3 Å². The van der Waals surface area contributed by atoms with Crippen molar-refractivity contribution in [1.29, 1.82) is 0 Å². The van der Waals surface area contributed by atoms with Crippen molar-refractivity contribution in [2.24, 2.45) is 11.1 Å². The second kappa shape index (κ2) is 7.53. The van der Waals surface area contributed by atoms with E-state index in [2.05, 4.69) is 29.6 Å². The number of hydrogen-bond acceptors (Lipinski definition) is 4. The van der Waals surface area contributed by atoms with Crippen molar-refractivity contribution in [3.63, 3.8) is 0 Å². The number of carbonyl (C=O) groups is 1. The highest BCUT2D eigenvalue weighted by Gasteiger charge is 2.63. The molecule has 0 spiro atoms. The normalized spacial score (nSPS) is 29.2. The van der Waals surface area contributed by atoms with Gasteiger partial charge >= 0.3 is 0 Å². The van der Waals surface area contributed by atoms with Crippen LogP contribution in [0.4, 0.5) is 0 Å². The molecule has 0 aliphatic heterocycles. The Bertz CT molecular complexity index is 628. The Balaban J connectivity index is 1.64. The molecule has 3 N–H and O–H groups in total. The van der Waals surface area contributed by atoms with Gasteiger partial charge in [-0.25, -0.2) is 0 Å². The maximum absolute atomic E-state index is 13.0. The second-order valence-corrected chi connectivity index (χ2v) is 9.87. The van der Waals surface area contributed by atoms with Gasteiger partial charge in [0.2, 0.25) is 5.91 Å². The van der Waals surface area contributed by atoms with Crippen LogP contribution in [0.15, 0.2) is 35.2 Å². The van der Waals surface area contributed by atoms with Crippen molar-refractivity contribution in [2.75, 3.05) is 13.2 Å². The molecule has 2 aliphatic carbocycles. The summed E-state index contributed by atoms with van der Waals surface area (Å²) >= 11 is 1.91. The van der Waals surface area contributed by atoms with Gasteiger partial charge < -0.3 is 15.8 Å². The lowest BCUT2D eigenvalue weighted by Gasteiger charge is -2.57. The van der Waals surface area contributed by atoms with E-state index in [9.17, 15) is 4.79 Å². The minimum Gasteiger partial charge on any atom is -0.378 e. The Kier molecular flexibility index (Phi) is 5.71. The fourth-order valence-electron chi connectivity index (χ4n) is 4.29. The zero-order valence-corrected chi connectivity index (χ0v) is 17.0.